The molecule has 3 aromatic rings. The van der Waals surface area contributed by atoms with Crippen LogP contribution in [0.5, 0.6) is 0 Å². The Kier molecular flexibility index (Phi) is 3.79. The molecule has 2 aromatic heterocycles. The maximum absolute atomic E-state index is 4.54. The van der Waals surface area contributed by atoms with E-state index in [1.54, 1.807) is 0 Å². The van der Waals surface area contributed by atoms with Crippen LogP contribution in [-0.4, -0.2) is 47.2 Å². The molecule has 4 nitrogen and oxygen atoms in total. The van der Waals surface area contributed by atoms with Crippen LogP contribution in [0.1, 0.15) is 11.3 Å². The van der Waals surface area contributed by atoms with Crippen molar-refractivity contribution in [1.82, 2.24) is 19.8 Å². The molecule has 1 N–H and O–H groups in total. The van der Waals surface area contributed by atoms with Crippen molar-refractivity contribution in [2.75, 3.05) is 32.7 Å². The largest absolute Gasteiger partial charge is 0.338 e. The Bertz CT molecular complexity index is 843. The number of aromatic nitrogens is 2. The first-order chi connectivity index (χ1) is 11.2. The van der Waals surface area contributed by atoms with Crippen molar-refractivity contribution in [2.45, 2.75) is 20.4 Å². The van der Waals surface area contributed by atoms with E-state index in [0.717, 1.165) is 45.0 Å². The maximum atomic E-state index is 4.54. The van der Waals surface area contributed by atoms with Crippen LogP contribution in [0.2, 0.25) is 0 Å². The van der Waals surface area contributed by atoms with E-state index in [4.69, 9.17) is 0 Å². The fourth-order valence-corrected chi connectivity index (χ4v) is 3.74. The number of nitrogens with zero attached hydrogens (tertiary/aromatic N) is 3. The van der Waals surface area contributed by atoms with Gasteiger partial charge in [0.15, 0.2) is 0 Å². The van der Waals surface area contributed by atoms with Crippen LogP contribution < -0.4 is 5.32 Å². The number of hydrogen-bond acceptors (Lipinski definition) is 3. The van der Waals surface area contributed by atoms with Crippen LogP contribution in [-0.2, 0) is 6.54 Å². The second-order valence-corrected chi connectivity index (χ2v) is 6.56. The first kappa shape index (κ1) is 14.7. The Morgan fingerprint density at radius 1 is 1.04 bits per heavy atom. The third-order valence-electron chi connectivity index (χ3n) is 4.96. The molecule has 1 saturated heterocycles. The summed E-state index contributed by atoms with van der Waals surface area (Å²) in [5.74, 6) is 0. The summed E-state index contributed by atoms with van der Waals surface area (Å²) in [5.41, 5.74) is 5.07. The minimum absolute atomic E-state index is 1.02. The van der Waals surface area contributed by atoms with Crippen molar-refractivity contribution >= 4 is 21.8 Å². The first-order valence-corrected chi connectivity index (χ1v) is 8.51. The highest BCUT2D eigenvalue weighted by atomic mass is 15.2. The Morgan fingerprint density at radius 2 is 1.87 bits per heavy atom. The summed E-state index contributed by atoms with van der Waals surface area (Å²) in [7, 11) is 0. The van der Waals surface area contributed by atoms with Crippen LogP contribution in [0.4, 0.5) is 0 Å². The van der Waals surface area contributed by atoms with Crippen LogP contribution in [0.3, 0.4) is 0 Å². The minimum Gasteiger partial charge on any atom is -0.338 e. The maximum Gasteiger partial charge on any atom is 0.0708 e. The molecule has 1 aromatic carbocycles. The predicted molar refractivity (Wildman–Crippen MR) is 96.0 cm³/mol. The molecule has 0 spiro atoms. The second-order valence-electron chi connectivity index (χ2n) is 6.56. The number of aryl methyl sites for hydroxylation is 2. The molecule has 1 aliphatic heterocycles. The molecule has 4 rings (SSSR count). The van der Waals surface area contributed by atoms with Crippen molar-refractivity contribution in [2.24, 2.45) is 0 Å². The monoisotopic (exact) mass is 308 g/mol. The number of fused-ring (bicyclic) bond motifs is 3. The van der Waals surface area contributed by atoms with Crippen LogP contribution >= 0.6 is 0 Å². The van der Waals surface area contributed by atoms with Crippen LogP contribution in [0.15, 0.2) is 30.5 Å². The average molecular weight is 308 g/mol. The quantitative estimate of drug-likeness (QED) is 0.807. The first-order valence-electron chi connectivity index (χ1n) is 8.51. The van der Waals surface area contributed by atoms with Gasteiger partial charge in [-0.1, -0.05) is 12.1 Å². The molecule has 4 heteroatoms. The lowest BCUT2D eigenvalue weighted by molar-refractivity contribution is 0.234. The van der Waals surface area contributed by atoms with E-state index in [1.165, 1.54) is 27.4 Å². The van der Waals surface area contributed by atoms with E-state index in [0.29, 0.717) is 0 Å². The van der Waals surface area contributed by atoms with Gasteiger partial charge in [0.25, 0.3) is 0 Å². The summed E-state index contributed by atoms with van der Waals surface area (Å²) in [5, 5.41) is 6.10. The van der Waals surface area contributed by atoms with Gasteiger partial charge < -0.3 is 9.88 Å². The molecule has 120 valence electrons. The van der Waals surface area contributed by atoms with E-state index < -0.39 is 0 Å². The summed E-state index contributed by atoms with van der Waals surface area (Å²) in [4.78, 5) is 7.09. The molecule has 0 amide bonds. The molecule has 0 aliphatic carbocycles. The molecule has 0 unspecified atom stereocenters. The van der Waals surface area contributed by atoms with E-state index in [1.807, 2.05) is 6.20 Å². The Labute approximate surface area is 137 Å². The van der Waals surface area contributed by atoms with Gasteiger partial charge in [0, 0.05) is 61.8 Å². The Balaban J connectivity index is 1.79. The third kappa shape index (κ3) is 2.62. The number of hydrogen-bond donors (Lipinski definition) is 1. The summed E-state index contributed by atoms with van der Waals surface area (Å²) >= 11 is 0. The zero-order chi connectivity index (χ0) is 15.8. The zero-order valence-electron chi connectivity index (χ0n) is 14.0. The van der Waals surface area contributed by atoms with Crippen molar-refractivity contribution < 1.29 is 0 Å². The highest BCUT2D eigenvalue weighted by Gasteiger charge is 2.15. The fraction of sp³-hybridized carbons (Fsp3) is 0.421. The zero-order valence-corrected chi connectivity index (χ0v) is 14.0. The molecule has 23 heavy (non-hydrogen) atoms. The van der Waals surface area contributed by atoms with Gasteiger partial charge in [0.2, 0.25) is 0 Å². The second kappa shape index (κ2) is 5.95. The van der Waals surface area contributed by atoms with Crippen molar-refractivity contribution in [1.29, 1.82) is 0 Å². The van der Waals surface area contributed by atoms with Gasteiger partial charge in [-0.3, -0.25) is 9.88 Å². The van der Waals surface area contributed by atoms with Crippen LogP contribution in [0, 0.1) is 13.8 Å². The lowest BCUT2D eigenvalue weighted by atomic mass is 10.1. The molecule has 0 radical (unpaired) electrons. The molecule has 3 heterocycles. The van der Waals surface area contributed by atoms with E-state index in [-0.39, 0.29) is 0 Å². The van der Waals surface area contributed by atoms with Gasteiger partial charge >= 0.3 is 0 Å². The number of pyridine rings is 1. The standard InChI is InChI=1S/C19H24N4/c1-14-3-4-16-17-5-6-21-15(2)19(17)23(18(16)13-14)12-11-22-9-7-20-8-10-22/h3-6,13,20H,7-12H2,1-2H3. The summed E-state index contributed by atoms with van der Waals surface area (Å²) in [6.07, 6.45) is 1.93. The topological polar surface area (TPSA) is 33.1 Å². The third-order valence-corrected chi connectivity index (χ3v) is 4.96. The molecule has 1 aliphatic rings. The molecular formula is C19H24N4. The van der Waals surface area contributed by atoms with Gasteiger partial charge in [0.05, 0.1) is 11.2 Å². The highest BCUT2D eigenvalue weighted by Crippen LogP contribution is 2.30. The summed E-state index contributed by atoms with van der Waals surface area (Å²) in [6.45, 7) is 10.9. The van der Waals surface area contributed by atoms with E-state index in [2.05, 4.69) is 57.9 Å². The molecule has 1 fully saturated rings. The molecule has 0 saturated carbocycles. The van der Waals surface area contributed by atoms with Gasteiger partial charge in [-0.25, -0.2) is 0 Å². The van der Waals surface area contributed by atoms with Crippen molar-refractivity contribution in [3.8, 4) is 0 Å². The molecule has 0 atom stereocenters. The van der Waals surface area contributed by atoms with Crippen molar-refractivity contribution in [3.05, 3.63) is 41.7 Å². The van der Waals surface area contributed by atoms with Crippen molar-refractivity contribution in [3.63, 3.8) is 0 Å². The van der Waals surface area contributed by atoms with Gasteiger partial charge in [-0.15, -0.1) is 0 Å². The van der Waals surface area contributed by atoms with E-state index >= 15 is 0 Å². The number of piperazine rings is 1. The van der Waals surface area contributed by atoms with E-state index in [9.17, 15) is 0 Å². The smallest absolute Gasteiger partial charge is 0.0708 e. The van der Waals surface area contributed by atoms with Gasteiger partial charge in [0.1, 0.15) is 0 Å². The molecular weight excluding hydrogens is 284 g/mol. The highest BCUT2D eigenvalue weighted by molar-refractivity contribution is 6.08. The summed E-state index contributed by atoms with van der Waals surface area (Å²) < 4.78 is 2.47. The SMILES string of the molecule is Cc1ccc2c3ccnc(C)c3n(CCN3CCNCC3)c2c1. The Hall–Kier alpha value is -1.91. The van der Waals surface area contributed by atoms with Crippen LogP contribution in [0.25, 0.3) is 21.8 Å². The normalized spacial score (nSPS) is 16.4. The predicted octanol–water partition coefficient (Wildman–Crippen LogP) is 2.71. The number of nitrogens with one attached hydrogen (secondary N) is 1. The van der Waals surface area contributed by atoms with Gasteiger partial charge in [-0.05, 0) is 31.5 Å². The summed E-state index contributed by atoms with van der Waals surface area (Å²) in [6, 6.07) is 8.93. The van der Waals surface area contributed by atoms with Gasteiger partial charge in [-0.2, -0.15) is 0 Å². The Morgan fingerprint density at radius 3 is 2.70 bits per heavy atom. The lowest BCUT2D eigenvalue weighted by Gasteiger charge is -2.27. The lowest BCUT2D eigenvalue weighted by Crippen LogP contribution is -2.44. The molecule has 0 bridgehead atoms. The number of rotatable bonds is 3. The number of benzene rings is 1. The minimum atomic E-state index is 1.02. The average Bonchev–Trinajstić information content (AvgIpc) is 2.88. The fourth-order valence-electron chi connectivity index (χ4n) is 3.74.